The smallest absolute Gasteiger partial charge is 0.222 e. The number of hydrogen-bond acceptors (Lipinski definition) is 5. The molecule has 0 bridgehead atoms. The number of likely N-dealkylation sites (tertiary alicyclic amines) is 2. The Morgan fingerprint density at radius 1 is 1.14 bits per heavy atom. The van der Waals surface area contributed by atoms with Crippen molar-refractivity contribution in [2.45, 2.75) is 50.2 Å². The first kappa shape index (κ1) is 21.2. The van der Waals surface area contributed by atoms with E-state index in [1.54, 1.807) is 4.90 Å². The Morgan fingerprint density at radius 2 is 1.86 bits per heavy atom. The number of aliphatic hydroxyl groups is 3. The van der Waals surface area contributed by atoms with Crippen molar-refractivity contribution in [2.24, 2.45) is 5.92 Å². The maximum Gasteiger partial charge on any atom is 0.222 e. The quantitative estimate of drug-likeness (QED) is 0.648. The molecule has 6 heteroatoms. The Labute approximate surface area is 167 Å². The number of aliphatic hydroxyl groups excluding tert-OH is 2. The van der Waals surface area contributed by atoms with Gasteiger partial charge >= 0.3 is 0 Å². The van der Waals surface area contributed by atoms with Crippen molar-refractivity contribution < 1.29 is 20.1 Å². The van der Waals surface area contributed by atoms with Gasteiger partial charge in [-0.15, -0.1) is 0 Å². The summed E-state index contributed by atoms with van der Waals surface area (Å²) in [6.07, 6.45) is 3.50. The third kappa shape index (κ3) is 5.54. The van der Waals surface area contributed by atoms with E-state index >= 15 is 0 Å². The zero-order valence-electron chi connectivity index (χ0n) is 16.7. The molecule has 1 aromatic rings. The van der Waals surface area contributed by atoms with E-state index in [9.17, 15) is 15.0 Å². The van der Waals surface area contributed by atoms with Crippen molar-refractivity contribution in [3.63, 3.8) is 0 Å². The predicted octanol–water partition coefficient (Wildman–Crippen LogP) is 1.04. The highest BCUT2D eigenvalue weighted by Crippen LogP contribution is 2.27. The summed E-state index contributed by atoms with van der Waals surface area (Å²) in [6.45, 7) is 3.15. The van der Waals surface area contributed by atoms with E-state index in [4.69, 9.17) is 5.11 Å². The molecule has 2 aliphatic heterocycles. The number of benzene rings is 1. The molecule has 0 saturated carbocycles. The summed E-state index contributed by atoms with van der Waals surface area (Å²) in [4.78, 5) is 16.4. The van der Waals surface area contributed by atoms with Gasteiger partial charge in [-0.2, -0.15) is 0 Å². The summed E-state index contributed by atoms with van der Waals surface area (Å²) in [5.41, 5.74) is -0.0189. The summed E-state index contributed by atoms with van der Waals surface area (Å²) in [5.74, 6) is 0.597. The molecule has 6 nitrogen and oxygen atoms in total. The lowest BCUT2D eigenvalue weighted by molar-refractivity contribution is -0.154. The molecule has 1 amide bonds. The second-order valence-corrected chi connectivity index (χ2v) is 8.43. The minimum atomic E-state index is -1.15. The number of carbonyl (C=O) groups excluding carboxylic acids is 1. The third-order valence-corrected chi connectivity index (χ3v) is 6.39. The Morgan fingerprint density at radius 3 is 2.50 bits per heavy atom. The summed E-state index contributed by atoms with van der Waals surface area (Å²) in [7, 11) is 0. The number of hydrogen-bond donors (Lipinski definition) is 3. The molecule has 0 aromatic heterocycles. The molecule has 1 aromatic carbocycles. The number of aryl methyl sites for hydroxylation is 1. The maximum atomic E-state index is 12.5. The van der Waals surface area contributed by atoms with Crippen molar-refractivity contribution in [1.82, 2.24) is 9.80 Å². The fourth-order valence-corrected chi connectivity index (χ4v) is 4.43. The molecule has 2 atom stereocenters. The van der Waals surface area contributed by atoms with Crippen LogP contribution in [0.25, 0.3) is 0 Å². The Hall–Kier alpha value is -1.47. The number of nitrogens with zero attached hydrogens (tertiary/aromatic N) is 2. The van der Waals surface area contributed by atoms with Gasteiger partial charge in [-0.3, -0.25) is 4.79 Å². The normalized spacial score (nSPS) is 27.1. The van der Waals surface area contributed by atoms with E-state index in [1.807, 2.05) is 30.3 Å². The molecule has 156 valence electrons. The number of amides is 1. The molecule has 2 aliphatic rings. The molecule has 0 radical (unpaired) electrons. The van der Waals surface area contributed by atoms with Gasteiger partial charge in [0, 0.05) is 32.7 Å². The van der Waals surface area contributed by atoms with Crippen molar-refractivity contribution in [1.29, 1.82) is 0 Å². The number of piperidine rings is 2. The van der Waals surface area contributed by atoms with Crippen molar-refractivity contribution in [2.75, 3.05) is 39.3 Å². The average molecular weight is 391 g/mol. The lowest BCUT2D eigenvalue weighted by Gasteiger charge is -2.45. The fourth-order valence-electron chi connectivity index (χ4n) is 4.43. The van der Waals surface area contributed by atoms with Gasteiger partial charge in [0.15, 0.2) is 0 Å². The van der Waals surface area contributed by atoms with Crippen LogP contribution in [0, 0.1) is 5.92 Å². The number of β-amino-alcohol motifs (C(OH)–C–C–N with tert-alkyl or cyclic N) is 2. The zero-order chi connectivity index (χ0) is 20.0. The molecule has 2 fully saturated rings. The average Bonchev–Trinajstić information content (AvgIpc) is 2.71. The van der Waals surface area contributed by atoms with Crippen molar-refractivity contribution in [3.05, 3.63) is 35.9 Å². The molecular formula is C22H34N2O4. The van der Waals surface area contributed by atoms with Crippen LogP contribution in [0.1, 0.15) is 37.7 Å². The number of carbonyl (C=O) groups is 1. The molecule has 28 heavy (non-hydrogen) atoms. The van der Waals surface area contributed by atoms with Gasteiger partial charge in [0.05, 0.1) is 0 Å². The van der Waals surface area contributed by atoms with Crippen LogP contribution in [0.4, 0.5) is 0 Å². The van der Waals surface area contributed by atoms with Crippen LogP contribution in [-0.4, -0.2) is 82.1 Å². The second kappa shape index (κ2) is 9.83. The highest BCUT2D eigenvalue weighted by Gasteiger charge is 2.43. The first-order valence-electron chi connectivity index (χ1n) is 10.6. The van der Waals surface area contributed by atoms with Crippen LogP contribution in [0.5, 0.6) is 0 Å². The van der Waals surface area contributed by atoms with E-state index < -0.39 is 11.7 Å². The lowest BCUT2D eigenvalue weighted by atomic mass is 9.86. The molecule has 0 unspecified atom stereocenters. The number of rotatable bonds is 7. The first-order chi connectivity index (χ1) is 13.5. The zero-order valence-corrected chi connectivity index (χ0v) is 16.7. The Balaban J connectivity index is 1.45. The molecule has 2 heterocycles. The van der Waals surface area contributed by atoms with E-state index in [0.29, 0.717) is 38.3 Å². The SMILES string of the molecule is O=C(CCc1ccccc1)N1CC[C@](O)(CN2CCC(CCO)CC2)[C@@H](O)C1. The highest BCUT2D eigenvalue weighted by atomic mass is 16.3. The minimum Gasteiger partial charge on any atom is -0.396 e. The molecule has 0 spiro atoms. The van der Waals surface area contributed by atoms with E-state index in [2.05, 4.69) is 4.90 Å². The van der Waals surface area contributed by atoms with Gasteiger partial charge in [0.2, 0.25) is 5.91 Å². The van der Waals surface area contributed by atoms with Crippen LogP contribution < -0.4 is 0 Å². The molecule has 3 N–H and O–H groups in total. The topological polar surface area (TPSA) is 84.2 Å². The van der Waals surface area contributed by atoms with Crippen LogP contribution in [0.15, 0.2) is 30.3 Å². The minimum absolute atomic E-state index is 0.0368. The summed E-state index contributed by atoms with van der Waals surface area (Å²) in [5, 5.41) is 30.7. The van der Waals surface area contributed by atoms with Crippen LogP contribution in [-0.2, 0) is 11.2 Å². The van der Waals surface area contributed by atoms with E-state index in [-0.39, 0.29) is 19.1 Å². The van der Waals surface area contributed by atoms with E-state index in [0.717, 1.165) is 37.9 Å². The Bertz CT molecular complexity index is 618. The van der Waals surface area contributed by atoms with Gasteiger partial charge in [0.25, 0.3) is 0 Å². The van der Waals surface area contributed by atoms with Crippen molar-refractivity contribution in [3.8, 4) is 0 Å². The molecule has 0 aliphatic carbocycles. The highest BCUT2D eigenvalue weighted by molar-refractivity contribution is 5.76. The third-order valence-electron chi connectivity index (χ3n) is 6.39. The summed E-state index contributed by atoms with van der Waals surface area (Å²) < 4.78 is 0. The van der Waals surface area contributed by atoms with E-state index in [1.165, 1.54) is 0 Å². The molecule has 3 rings (SSSR count). The van der Waals surface area contributed by atoms with Gasteiger partial charge < -0.3 is 25.1 Å². The monoisotopic (exact) mass is 390 g/mol. The fraction of sp³-hybridized carbons (Fsp3) is 0.682. The summed E-state index contributed by atoms with van der Waals surface area (Å²) >= 11 is 0. The Kier molecular flexibility index (Phi) is 7.46. The molecule has 2 saturated heterocycles. The second-order valence-electron chi connectivity index (χ2n) is 8.43. The first-order valence-corrected chi connectivity index (χ1v) is 10.6. The van der Waals surface area contributed by atoms with Crippen molar-refractivity contribution >= 4 is 5.91 Å². The maximum absolute atomic E-state index is 12.5. The van der Waals surface area contributed by atoms with Gasteiger partial charge in [-0.25, -0.2) is 0 Å². The van der Waals surface area contributed by atoms with Gasteiger partial charge in [-0.05, 0) is 56.7 Å². The van der Waals surface area contributed by atoms with Crippen LogP contribution in [0.2, 0.25) is 0 Å². The van der Waals surface area contributed by atoms with Crippen LogP contribution >= 0.6 is 0 Å². The van der Waals surface area contributed by atoms with Gasteiger partial charge in [-0.1, -0.05) is 30.3 Å². The summed E-state index contributed by atoms with van der Waals surface area (Å²) in [6, 6.07) is 9.93. The predicted molar refractivity (Wildman–Crippen MR) is 108 cm³/mol. The standard InChI is InChI=1S/C22H34N2O4/c25-15-10-19-8-12-23(13-9-19)17-22(28)11-14-24(16-20(22)26)21(27)7-6-18-4-2-1-3-5-18/h1-5,19-20,25-26,28H,6-17H2/t20-,22-/m0/s1. The lowest BCUT2D eigenvalue weighted by Crippen LogP contribution is -2.61. The van der Waals surface area contributed by atoms with Gasteiger partial charge in [0.1, 0.15) is 11.7 Å². The molecular weight excluding hydrogens is 356 g/mol. The largest absolute Gasteiger partial charge is 0.396 e. The van der Waals surface area contributed by atoms with Crippen LogP contribution in [0.3, 0.4) is 0 Å².